The average molecular weight is 285 g/mol. The molecule has 2 nitrogen and oxygen atoms in total. The van der Waals surface area contributed by atoms with Gasteiger partial charge in [0.1, 0.15) is 0 Å². The van der Waals surface area contributed by atoms with Gasteiger partial charge in [-0.25, -0.2) is 0 Å². The molecular formula is C13H21BrN2. The first kappa shape index (κ1) is 13.5. The van der Waals surface area contributed by atoms with Crippen LogP contribution in [-0.4, -0.2) is 18.0 Å². The van der Waals surface area contributed by atoms with Crippen molar-refractivity contribution in [2.75, 3.05) is 12.8 Å². The van der Waals surface area contributed by atoms with E-state index >= 15 is 0 Å². The van der Waals surface area contributed by atoms with Crippen molar-refractivity contribution in [1.29, 1.82) is 0 Å². The molecular weight excluding hydrogens is 264 g/mol. The maximum absolute atomic E-state index is 5.99. The molecule has 1 aromatic rings. The molecule has 0 heterocycles. The normalized spacial score (nSPS) is 13.4. The van der Waals surface area contributed by atoms with E-state index in [1.807, 2.05) is 18.2 Å². The summed E-state index contributed by atoms with van der Waals surface area (Å²) < 4.78 is 1.09. The van der Waals surface area contributed by atoms with Crippen LogP contribution < -0.4 is 5.73 Å². The zero-order valence-corrected chi connectivity index (χ0v) is 12.1. The monoisotopic (exact) mass is 284 g/mol. The van der Waals surface area contributed by atoms with Crippen LogP contribution in [0.15, 0.2) is 22.7 Å². The predicted molar refractivity (Wildman–Crippen MR) is 74.3 cm³/mol. The highest BCUT2D eigenvalue weighted by Crippen LogP contribution is 2.25. The van der Waals surface area contributed by atoms with Crippen LogP contribution in [0.3, 0.4) is 0 Å². The molecule has 0 saturated heterocycles. The molecule has 0 saturated carbocycles. The molecule has 0 aliphatic carbocycles. The van der Waals surface area contributed by atoms with Crippen LogP contribution in [0.1, 0.15) is 26.3 Å². The highest BCUT2D eigenvalue weighted by atomic mass is 79.9. The summed E-state index contributed by atoms with van der Waals surface area (Å²) in [5.41, 5.74) is 8.03. The molecule has 1 atom stereocenters. The van der Waals surface area contributed by atoms with E-state index in [1.54, 1.807) is 0 Å². The molecule has 0 radical (unpaired) electrons. The second-order valence-corrected chi connectivity index (χ2v) is 5.56. The molecule has 1 aromatic carbocycles. The average Bonchev–Trinajstić information content (AvgIpc) is 2.22. The minimum absolute atomic E-state index is 0.548. The number of hydrogen-bond acceptors (Lipinski definition) is 2. The van der Waals surface area contributed by atoms with Crippen LogP contribution >= 0.6 is 15.9 Å². The first-order valence-corrected chi connectivity index (χ1v) is 6.46. The molecule has 0 aliphatic heterocycles. The number of nitrogen functional groups attached to an aromatic ring is 1. The van der Waals surface area contributed by atoms with Crippen molar-refractivity contribution >= 4 is 21.6 Å². The molecule has 16 heavy (non-hydrogen) atoms. The quantitative estimate of drug-likeness (QED) is 0.858. The molecule has 1 rings (SSSR count). The summed E-state index contributed by atoms with van der Waals surface area (Å²) in [5.74, 6) is 0.647. The lowest BCUT2D eigenvalue weighted by Gasteiger charge is -2.28. The molecule has 1 unspecified atom stereocenters. The van der Waals surface area contributed by atoms with Crippen LogP contribution in [0, 0.1) is 5.92 Å². The Labute approximate surface area is 107 Å². The highest BCUT2D eigenvalue weighted by Gasteiger charge is 2.15. The molecule has 0 bridgehead atoms. The van der Waals surface area contributed by atoms with Crippen molar-refractivity contribution in [2.45, 2.75) is 33.4 Å². The lowest BCUT2D eigenvalue weighted by molar-refractivity contribution is 0.200. The second-order valence-electron chi connectivity index (χ2n) is 4.71. The summed E-state index contributed by atoms with van der Waals surface area (Å²) in [6.45, 7) is 7.61. The summed E-state index contributed by atoms with van der Waals surface area (Å²) in [4.78, 5) is 2.33. The molecule has 0 amide bonds. The van der Waals surface area contributed by atoms with Gasteiger partial charge in [0.05, 0.1) is 0 Å². The van der Waals surface area contributed by atoms with Crippen LogP contribution in [0.5, 0.6) is 0 Å². The van der Waals surface area contributed by atoms with E-state index in [0.717, 1.165) is 16.7 Å². The van der Waals surface area contributed by atoms with Crippen molar-refractivity contribution in [3.8, 4) is 0 Å². The zero-order valence-electron chi connectivity index (χ0n) is 10.5. The van der Waals surface area contributed by atoms with E-state index in [0.29, 0.717) is 12.0 Å². The number of nitrogens with two attached hydrogens (primary N) is 1. The maximum atomic E-state index is 5.99. The van der Waals surface area contributed by atoms with E-state index < -0.39 is 0 Å². The second kappa shape index (κ2) is 5.69. The van der Waals surface area contributed by atoms with Gasteiger partial charge in [-0.1, -0.05) is 35.8 Å². The van der Waals surface area contributed by atoms with Crippen molar-refractivity contribution in [3.63, 3.8) is 0 Å². The lowest BCUT2D eigenvalue weighted by atomic mass is 10.0. The molecule has 0 aromatic heterocycles. The molecule has 90 valence electrons. The van der Waals surface area contributed by atoms with Crippen molar-refractivity contribution in [2.24, 2.45) is 5.92 Å². The summed E-state index contributed by atoms with van der Waals surface area (Å²) in [6, 6.07) is 6.51. The van der Waals surface area contributed by atoms with E-state index in [1.165, 1.54) is 5.56 Å². The van der Waals surface area contributed by atoms with Gasteiger partial charge >= 0.3 is 0 Å². The Hall–Kier alpha value is -0.540. The largest absolute Gasteiger partial charge is 0.398 e. The Morgan fingerprint density at radius 1 is 1.31 bits per heavy atom. The number of nitrogens with zero attached hydrogens (tertiary/aromatic N) is 1. The molecule has 0 aliphatic rings. The van der Waals surface area contributed by atoms with Gasteiger partial charge in [0.2, 0.25) is 0 Å². The van der Waals surface area contributed by atoms with Gasteiger partial charge in [0, 0.05) is 28.3 Å². The minimum atomic E-state index is 0.548. The Balaban J connectivity index is 2.80. The van der Waals surface area contributed by atoms with Gasteiger partial charge in [0.25, 0.3) is 0 Å². The standard InChI is InChI=1S/C13H21BrN2/c1-9(2)10(3)16(4)8-11-12(14)6-5-7-13(11)15/h5-7,9-10H,8,15H2,1-4H3. The van der Waals surface area contributed by atoms with Crippen LogP contribution in [-0.2, 0) is 6.54 Å². The van der Waals surface area contributed by atoms with E-state index in [4.69, 9.17) is 5.73 Å². The number of hydrogen-bond donors (Lipinski definition) is 1. The minimum Gasteiger partial charge on any atom is -0.398 e. The summed E-state index contributed by atoms with van der Waals surface area (Å²) in [5, 5.41) is 0. The first-order valence-electron chi connectivity index (χ1n) is 5.66. The van der Waals surface area contributed by atoms with Crippen LogP contribution in [0.2, 0.25) is 0 Å². The SMILES string of the molecule is CC(C)C(C)N(C)Cc1c(N)cccc1Br. The van der Waals surface area contributed by atoms with Crippen molar-refractivity contribution in [1.82, 2.24) is 4.90 Å². The van der Waals surface area contributed by atoms with Crippen LogP contribution in [0.4, 0.5) is 5.69 Å². The Morgan fingerprint density at radius 3 is 2.44 bits per heavy atom. The number of anilines is 1. The van der Waals surface area contributed by atoms with Crippen molar-refractivity contribution in [3.05, 3.63) is 28.2 Å². The Kier molecular flexibility index (Phi) is 4.81. The van der Waals surface area contributed by atoms with Gasteiger partial charge in [-0.3, -0.25) is 4.90 Å². The molecule has 3 heteroatoms. The fraction of sp³-hybridized carbons (Fsp3) is 0.538. The first-order chi connectivity index (χ1) is 7.43. The van der Waals surface area contributed by atoms with Gasteiger partial charge < -0.3 is 5.73 Å². The maximum Gasteiger partial charge on any atom is 0.0371 e. The van der Waals surface area contributed by atoms with Crippen LogP contribution in [0.25, 0.3) is 0 Å². The Bertz CT molecular complexity index is 330. The topological polar surface area (TPSA) is 29.3 Å². The third-order valence-electron chi connectivity index (χ3n) is 3.22. The van der Waals surface area contributed by atoms with Gasteiger partial charge in [-0.2, -0.15) is 0 Å². The van der Waals surface area contributed by atoms with E-state index in [-0.39, 0.29) is 0 Å². The van der Waals surface area contributed by atoms with Gasteiger partial charge in [0.15, 0.2) is 0 Å². The molecule has 0 fully saturated rings. The zero-order chi connectivity index (χ0) is 12.3. The summed E-state index contributed by atoms with van der Waals surface area (Å²) in [7, 11) is 2.14. The summed E-state index contributed by atoms with van der Waals surface area (Å²) in [6.07, 6.45) is 0. The highest BCUT2D eigenvalue weighted by molar-refractivity contribution is 9.10. The fourth-order valence-electron chi connectivity index (χ4n) is 1.64. The fourth-order valence-corrected chi connectivity index (χ4v) is 2.15. The van der Waals surface area contributed by atoms with Crippen molar-refractivity contribution < 1.29 is 0 Å². The molecule has 2 N–H and O–H groups in total. The predicted octanol–water partition coefficient (Wildman–Crippen LogP) is 3.51. The molecule has 0 spiro atoms. The lowest BCUT2D eigenvalue weighted by Crippen LogP contribution is -2.33. The van der Waals surface area contributed by atoms with Gasteiger partial charge in [-0.05, 0) is 32.0 Å². The number of rotatable bonds is 4. The third-order valence-corrected chi connectivity index (χ3v) is 3.97. The summed E-state index contributed by atoms with van der Waals surface area (Å²) >= 11 is 3.56. The number of benzene rings is 1. The number of halogens is 1. The Morgan fingerprint density at radius 2 is 1.94 bits per heavy atom. The smallest absolute Gasteiger partial charge is 0.0371 e. The third kappa shape index (κ3) is 3.22. The van der Waals surface area contributed by atoms with Gasteiger partial charge in [-0.15, -0.1) is 0 Å². The van der Waals surface area contributed by atoms with E-state index in [9.17, 15) is 0 Å². The van der Waals surface area contributed by atoms with E-state index in [2.05, 4.69) is 48.6 Å².